The van der Waals surface area contributed by atoms with Crippen LogP contribution in [0, 0.1) is 0 Å². The van der Waals surface area contributed by atoms with Gasteiger partial charge in [0.15, 0.2) is 0 Å². The molecule has 2 N–H and O–H groups in total. The number of nitrogens with one attached hydrogen (secondary N) is 2. The Labute approximate surface area is 163 Å². The monoisotopic (exact) mass is 410 g/mol. The van der Waals surface area contributed by atoms with E-state index in [4.69, 9.17) is 16.3 Å². The van der Waals surface area contributed by atoms with Crippen LogP contribution in [0.15, 0.2) is 48.0 Å². The SMILES string of the molecule is O=C(Nc1ccc(C(=O)NCC(F)(F)F)cc1)C1=Cc2cc(Cl)ccc2OC1. The molecule has 28 heavy (non-hydrogen) atoms. The largest absolute Gasteiger partial charge is 0.488 e. The molecule has 9 heteroatoms. The van der Waals surface area contributed by atoms with Crippen molar-refractivity contribution < 1.29 is 27.5 Å². The lowest BCUT2D eigenvalue weighted by Gasteiger charge is -2.18. The van der Waals surface area contributed by atoms with E-state index < -0.39 is 24.5 Å². The summed E-state index contributed by atoms with van der Waals surface area (Å²) >= 11 is 5.94. The molecule has 1 heterocycles. The summed E-state index contributed by atoms with van der Waals surface area (Å²) < 4.78 is 42.0. The van der Waals surface area contributed by atoms with Crippen molar-refractivity contribution in [3.8, 4) is 5.75 Å². The smallest absolute Gasteiger partial charge is 0.405 e. The molecule has 0 saturated carbocycles. The molecule has 0 bridgehead atoms. The zero-order valence-electron chi connectivity index (χ0n) is 14.3. The lowest BCUT2D eigenvalue weighted by atomic mass is 10.1. The first-order valence-corrected chi connectivity index (χ1v) is 8.48. The fraction of sp³-hybridized carbons (Fsp3) is 0.158. The molecule has 0 unspecified atom stereocenters. The average Bonchev–Trinajstić information content (AvgIpc) is 2.65. The summed E-state index contributed by atoms with van der Waals surface area (Å²) in [5.74, 6) is -0.637. The molecule has 1 aliphatic heterocycles. The molecular weight excluding hydrogens is 397 g/mol. The van der Waals surface area contributed by atoms with Gasteiger partial charge in [0.2, 0.25) is 0 Å². The number of ether oxygens (including phenoxy) is 1. The molecule has 1 aliphatic rings. The van der Waals surface area contributed by atoms with Gasteiger partial charge in [0.1, 0.15) is 18.9 Å². The number of rotatable bonds is 4. The van der Waals surface area contributed by atoms with Gasteiger partial charge >= 0.3 is 6.18 Å². The van der Waals surface area contributed by atoms with E-state index in [0.717, 1.165) is 0 Å². The zero-order valence-corrected chi connectivity index (χ0v) is 15.0. The second-order valence-corrected chi connectivity index (χ2v) is 6.41. The fourth-order valence-electron chi connectivity index (χ4n) is 2.48. The molecule has 2 aromatic carbocycles. The van der Waals surface area contributed by atoms with E-state index in [9.17, 15) is 22.8 Å². The summed E-state index contributed by atoms with van der Waals surface area (Å²) in [4.78, 5) is 24.1. The van der Waals surface area contributed by atoms with Gasteiger partial charge in [0.05, 0.1) is 5.57 Å². The van der Waals surface area contributed by atoms with Crippen molar-refractivity contribution in [2.24, 2.45) is 0 Å². The molecule has 2 amide bonds. The number of anilines is 1. The van der Waals surface area contributed by atoms with Crippen molar-refractivity contribution in [3.05, 3.63) is 64.2 Å². The predicted molar refractivity (Wildman–Crippen MR) is 98.4 cm³/mol. The Morgan fingerprint density at radius 1 is 1.07 bits per heavy atom. The molecule has 0 fully saturated rings. The van der Waals surface area contributed by atoms with Crippen LogP contribution in [0.4, 0.5) is 18.9 Å². The van der Waals surface area contributed by atoms with Crippen molar-refractivity contribution in [2.75, 3.05) is 18.5 Å². The number of carbonyl (C=O) groups excluding carboxylic acids is 2. The van der Waals surface area contributed by atoms with Crippen molar-refractivity contribution >= 4 is 35.2 Å². The van der Waals surface area contributed by atoms with E-state index in [0.29, 0.717) is 27.6 Å². The summed E-state index contributed by atoms with van der Waals surface area (Å²) in [6.45, 7) is -1.33. The molecule has 0 aliphatic carbocycles. The molecule has 3 rings (SSSR count). The minimum absolute atomic E-state index is 0.0473. The second kappa shape index (κ2) is 7.93. The maximum atomic E-state index is 12.4. The Bertz CT molecular complexity index is 940. The lowest BCUT2D eigenvalue weighted by molar-refractivity contribution is -0.123. The summed E-state index contributed by atoms with van der Waals surface area (Å²) in [6.07, 6.45) is -2.82. The number of carbonyl (C=O) groups is 2. The van der Waals surface area contributed by atoms with E-state index in [1.54, 1.807) is 29.6 Å². The van der Waals surface area contributed by atoms with Crippen LogP contribution < -0.4 is 15.4 Å². The predicted octanol–water partition coefficient (Wildman–Crippen LogP) is 4.05. The summed E-state index contributed by atoms with van der Waals surface area (Å²) in [6, 6.07) is 10.6. The molecule has 0 radical (unpaired) electrons. The van der Waals surface area contributed by atoms with Gasteiger partial charge in [-0.05, 0) is 48.5 Å². The molecule has 5 nitrogen and oxygen atoms in total. The fourth-order valence-corrected chi connectivity index (χ4v) is 2.66. The van der Waals surface area contributed by atoms with Gasteiger partial charge in [-0.25, -0.2) is 0 Å². The van der Waals surface area contributed by atoms with Crippen LogP contribution in [0.2, 0.25) is 5.02 Å². The van der Waals surface area contributed by atoms with Crippen LogP contribution in [0.1, 0.15) is 15.9 Å². The number of fused-ring (bicyclic) bond motifs is 1. The van der Waals surface area contributed by atoms with Gasteiger partial charge in [-0.3, -0.25) is 9.59 Å². The normalized spacial score (nSPS) is 13.1. The van der Waals surface area contributed by atoms with Gasteiger partial charge in [-0.15, -0.1) is 0 Å². The topological polar surface area (TPSA) is 67.4 Å². The molecule has 0 spiro atoms. The second-order valence-electron chi connectivity index (χ2n) is 5.97. The standard InChI is InChI=1S/C19H14ClF3N2O3/c20-14-3-6-16-12(8-14)7-13(9-28-16)18(27)25-15-4-1-11(2-5-15)17(26)24-10-19(21,22)23/h1-8H,9-10H2,(H,24,26)(H,25,27). The van der Waals surface area contributed by atoms with Gasteiger partial charge in [0.25, 0.3) is 11.8 Å². The van der Waals surface area contributed by atoms with Crippen LogP contribution in [0.3, 0.4) is 0 Å². The highest BCUT2D eigenvalue weighted by Gasteiger charge is 2.27. The molecular formula is C19H14ClF3N2O3. The van der Waals surface area contributed by atoms with Gasteiger partial charge in [-0.2, -0.15) is 13.2 Å². The first kappa shape index (κ1) is 19.8. The van der Waals surface area contributed by atoms with Gasteiger partial charge in [-0.1, -0.05) is 11.6 Å². The molecule has 0 saturated heterocycles. The Morgan fingerprint density at radius 3 is 2.46 bits per heavy atom. The minimum atomic E-state index is -4.48. The number of alkyl halides is 3. The van der Waals surface area contributed by atoms with E-state index in [1.807, 2.05) is 0 Å². The van der Waals surface area contributed by atoms with Gasteiger partial charge in [0, 0.05) is 21.8 Å². The zero-order chi connectivity index (χ0) is 20.3. The third kappa shape index (κ3) is 5.04. The van der Waals surface area contributed by atoms with E-state index in [2.05, 4.69) is 5.32 Å². The highest BCUT2D eigenvalue weighted by molar-refractivity contribution is 6.30. The number of benzene rings is 2. The Hall–Kier alpha value is -3.00. The quantitative estimate of drug-likeness (QED) is 0.799. The molecule has 0 atom stereocenters. The number of amides is 2. The lowest BCUT2D eigenvalue weighted by Crippen LogP contribution is -2.33. The van der Waals surface area contributed by atoms with Crippen molar-refractivity contribution in [1.82, 2.24) is 5.32 Å². The average molecular weight is 411 g/mol. The maximum Gasteiger partial charge on any atom is 0.405 e. The van der Waals surface area contributed by atoms with Crippen LogP contribution in [0.25, 0.3) is 6.08 Å². The van der Waals surface area contributed by atoms with Crippen molar-refractivity contribution in [1.29, 1.82) is 0 Å². The van der Waals surface area contributed by atoms with E-state index in [-0.39, 0.29) is 12.2 Å². The molecule has 0 aromatic heterocycles. The highest BCUT2D eigenvalue weighted by Crippen LogP contribution is 2.29. The Kier molecular flexibility index (Phi) is 5.60. The summed E-state index contributed by atoms with van der Waals surface area (Å²) in [5, 5.41) is 4.94. The Morgan fingerprint density at radius 2 is 1.79 bits per heavy atom. The highest BCUT2D eigenvalue weighted by atomic mass is 35.5. The first-order valence-electron chi connectivity index (χ1n) is 8.10. The van der Waals surface area contributed by atoms with Crippen LogP contribution >= 0.6 is 11.6 Å². The van der Waals surface area contributed by atoms with Crippen LogP contribution in [0.5, 0.6) is 5.75 Å². The van der Waals surface area contributed by atoms with Crippen LogP contribution in [-0.2, 0) is 4.79 Å². The van der Waals surface area contributed by atoms with E-state index >= 15 is 0 Å². The first-order chi connectivity index (χ1) is 13.2. The van der Waals surface area contributed by atoms with Crippen molar-refractivity contribution in [3.63, 3.8) is 0 Å². The van der Waals surface area contributed by atoms with Crippen molar-refractivity contribution in [2.45, 2.75) is 6.18 Å². The number of halogens is 4. The third-order valence-electron chi connectivity index (χ3n) is 3.83. The van der Waals surface area contributed by atoms with Gasteiger partial charge < -0.3 is 15.4 Å². The Balaban J connectivity index is 1.64. The number of hydrogen-bond donors (Lipinski definition) is 2. The summed E-state index contributed by atoms with van der Waals surface area (Å²) in [5.41, 5.74) is 1.49. The van der Waals surface area contributed by atoms with Crippen LogP contribution in [-0.4, -0.2) is 31.1 Å². The maximum absolute atomic E-state index is 12.4. The molecule has 2 aromatic rings. The summed E-state index contributed by atoms with van der Waals surface area (Å²) in [7, 11) is 0. The number of hydrogen-bond acceptors (Lipinski definition) is 3. The minimum Gasteiger partial charge on any atom is -0.488 e. The molecule has 146 valence electrons. The third-order valence-corrected chi connectivity index (χ3v) is 4.07. The van der Waals surface area contributed by atoms with E-state index in [1.165, 1.54) is 24.3 Å².